The SMILES string of the molecule is CC1CCC(C)C(CCCCS(=O)(=O)[O-])C1.[Na+]. The Labute approximate surface area is 128 Å². The largest absolute Gasteiger partial charge is 1.00 e. The fourth-order valence-corrected chi connectivity index (χ4v) is 3.30. The van der Waals surface area contributed by atoms with Crippen molar-refractivity contribution in [3.63, 3.8) is 0 Å². The maximum Gasteiger partial charge on any atom is 1.00 e. The molecule has 3 atom stereocenters. The summed E-state index contributed by atoms with van der Waals surface area (Å²) in [7, 11) is -4.00. The van der Waals surface area contributed by atoms with E-state index < -0.39 is 10.1 Å². The van der Waals surface area contributed by atoms with Gasteiger partial charge >= 0.3 is 29.6 Å². The number of hydrogen-bond donors (Lipinski definition) is 0. The third-order valence-corrected chi connectivity index (χ3v) is 4.63. The van der Waals surface area contributed by atoms with Gasteiger partial charge < -0.3 is 4.55 Å². The molecule has 0 aromatic heterocycles. The second-order valence-corrected chi connectivity index (χ2v) is 6.94. The molecule has 0 spiro atoms. The number of unbranched alkanes of at least 4 members (excludes halogenated alkanes) is 1. The van der Waals surface area contributed by atoms with E-state index in [4.69, 9.17) is 0 Å². The smallest absolute Gasteiger partial charge is 0.748 e. The molecule has 0 saturated heterocycles. The molecule has 0 radical (unpaired) electrons. The van der Waals surface area contributed by atoms with Crippen LogP contribution in [0.3, 0.4) is 0 Å². The first-order chi connectivity index (χ1) is 7.38. The average molecular weight is 270 g/mol. The van der Waals surface area contributed by atoms with Crippen LogP contribution in [0, 0.1) is 17.8 Å². The minimum Gasteiger partial charge on any atom is -0.748 e. The molecule has 1 fully saturated rings. The zero-order valence-electron chi connectivity index (χ0n) is 11.3. The first-order valence-corrected chi connectivity index (χ1v) is 7.90. The van der Waals surface area contributed by atoms with Gasteiger partial charge in [0.1, 0.15) is 0 Å². The Hall–Kier alpha value is 0.910. The van der Waals surface area contributed by atoms with Crippen molar-refractivity contribution in [1.29, 1.82) is 0 Å². The predicted molar refractivity (Wildman–Crippen MR) is 64.1 cm³/mol. The zero-order valence-corrected chi connectivity index (χ0v) is 14.1. The average Bonchev–Trinajstić information content (AvgIpc) is 2.16. The Morgan fingerprint density at radius 3 is 2.41 bits per heavy atom. The van der Waals surface area contributed by atoms with Crippen LogP contribution in [0.4, 0.5) is 0 Å². The van der Waals surface area contributed by atoms with Crippen molar-refractivity contribution >= 4 is 10.1 Å². The first kappa shape index (κ1) is 17.9. The van der Waals surface area contributed by atoms with Gasteiger partial charge in [-0.1, -0.05) is 39.5 Å². The molecule has 3 nitrogen and oxygen atoms in total. The van der Waals surface area contributed by atoms with Crippen LogP contribution >= 0.6 is 0 Å². The summed E-state index contributed by atoms with van der Waals surface area (Å²) in [5.41, 5.74) is 0. The first-order valence-electron chi connectivity index (χ1n) is 6.32. The van der Waals surface area contributed by atoms with E-state index in [9.17, 15) is 13.0 Å². The summed E-state index contributed by atoms with van der Waals surface area (Å²) in [6, 6.07) is 0. The zero-order chi connectivity index (χ0) is 12.2. The Morgan fingerprint density at radius 1 is 1.18 bits per heavy atom. The van der Waals surface area contributed by atoms with Crippen LogP contribution in [0.5, 0.6) is 0 Å². The van der Waals surface area contributed by atoms with E-state index >= 15 is 0 Å². The van der Waals surface area contributed by atoms with Crippen molar-refractivity contribution in [2.45, 2.75) is 52.4 Å². The van der Waals surface area contributed by atoms with E-state index in [1.807, 2.05) is 0 Å². The molecule has 0 N–H and O–H groups in total. The minimum absolute atomic E-state index is 0. The van der Waals surface area contributed by atoms with Crippen LogP contribution in [0.1, 0.15) is 52.4 Å². The fraction of sp³-hybridized carbons (Fsp3) is 1.00. The van der Waals surface area contributed by atoms with Gasteiger partial charge in [0.2, 0.25) is 0 Å². The molecule has 1 aliphatic carbocycles. The van der Waals surface area contributed by atoms with Gasteiger partial charge in [-0.25, -0.2) is 8.42 Å². The summed E-state index contributed by atoms with van der Waals surface area (Å²) < 4.78 is 31.3. The maximum absolute atomic E-state index is 10.4. The maximum atomic E-state index is 10.4. The third kappa shape index (κ3) is 7.83. The summed E-state index contributed by atoms with van der Waals surface area (Å²) >= 11 is 0. The van der Waals surface area contributed by atoms with Crippen LogP contribution < -0.4 is 29.6 Å². The Balaban J connectivity index is 0.00000256. The minimum atomic E-state index is -4.00. The fourth-order valence-electron chi connectivity index (χ4n) is 2.74. The van der Waals surface area contributed by atoms with Crippen molar-refractivity contribution in [3.8, 4) is 0 Å². The van der Waals surface area contributed by atoms with Gasteiger partial charge in [0.05, 0.1) is 10.1 Å². The quantitative estimate of drug-likeness (QED) is 0.394. The van der Waals surface area contributed by atoms with E-state index in [0.717, 1.165) is 30.6 Å². The van der Waals surface area contributed by atoms with E-state index in [-0.39, 0.29) is 35.3 Å². The molecule has 3 unspecified atom stereocenters. The third-order valence-electron chi connectivity index (χ3n) is 3.84. The Morgan fingerprint density at radius 2 is 1.82 bits per heavy atom. The molecule has 1 aliphatic rings. The molecule has 1 rings (SSSR count). The van der Waals surface area contributed by atoms with Crippen LogP contribution in [0.2, 0.25) is 0 Å². The van der Waals surface area contributed by atoms with Crippen LogP contribution in [-0.2, 0) is 10.1 Å². The Bertz CT molecular complexity index is 303. The van der Waals surface area contributed by atoms with Gasteiger partial charge in [-0.15, -0.1) is 0 Å². The standard InChI is InChI=1S/C12H24O3S.Na/c1-10-6-7-11(2)12(9-10)5-3-4-8-16(13,14)15;/h10-12H,3-9H2,1-2H3,(H,13,14,15);/q;+1/p-1. The summed E-state index contributed by atoms with van der Waals surface area (Å²) in [6.45, 7) is 4.59. The topological polar surface area (TPSA) is 57.2 Å². The molecule has 0 amide bonds. The second-order valence-electron chi connectivity index (χ2n) is 5.41. The summed E-state index contributed by atoms with van der Waals surface area (Å²) in [5.74, 6) is 2.12. The van der Waals surface area contributed by atoms with E-state index in [1.54, 1.807) is 0 Å². The number of rotatable bonds is 5. The predicted octanol–water partition coefficient (Wildman–Crippen LogP) is -0.222. The Kier molecular flexibility index (Phi) is 8.59. The molecule has 0 aliphatic heterocycles. The molecule has 0 heterocycles. The molecule has 17 heavy (non-hydrogen) atoms. The summed E-state index contributed by atoms with van der Waals surface area (Å²) in [6.07, 6.45) is 6.39. The van der Waals surface area contributed by atoms with Crippen molar-refractivity contribution < 1.29 is 42.5 Å². The second kappa shape index (κ2) is 8.16. The summed E-state index contributed by atoms with van der Waals surface area (Å²) in [4.78, 5) is 0. The van der Waals surface area contributed by atoms with Gasteiger partial charge in [0.25, 0.3) is 0 Å². The molecule has 96 valence electrons. The van der Waals surface area contributed by atoms with Crippen LogP contribution in [0.25, 0.3) is 0 Å². The van der Waals surface area contributed by atoms with Crippen molar-refractivity contribution in [2.24, 2.45) is 17.8 Å². The molecule has 0 aromatic rings. The van der Waals surface area contributed by atoms with Crippen molar-refractivity contribution in [3.05, 3.63) is 0 Å². The summed E-state index contributed by atoms with van der Waals surface area (Å²) in [5, 5.41) is 0. The molecule has 5 heteroatoms. The molecule has 0 bridgehead atoms. The van der Waals surface area contributed by atoms with Crippen molar-refractivity contribution in [1.82, 2.24) is 0 Å². The molecule has 1 saturated carbocycles. The van der Waals surface area contributed by atoms with Gasteiger partial charge in [-0.3, -0.25) is 0 Å². The normalized spacial score (nSPS) is 29.7. The van der Waals surface area contributed by atoms with Crippen molar-refractivity contribution in [2.75, 3.05) is 5.75 Å². The molecular formula is C12H23NaO3S. The van der Waals surface area contributed by atoms with Gasteiger partial charge in [0.15, 0.2) is 0 Å². The van der Waals surface area contributed by atoms with Gasteiger partial charge in [-0.05, 0) is 30.6 Å². The van der Waals surface area contributed by atoms with E-state index in [0.29, 0.717) is 6.42 Å². The molecule has 0 aromatic carbocycles. The van der Waals surface area contributed by atoms with Crippen LogP contribution in [-0.4, -0.2) is 18.7 Å². The monoisotopic (exact) mass is 270 g/mol. The van der Waals surface area contributed by atoms with Crippen LogP contribution in [0.15, 0.2) is 0 Å². The number of hydrogen-bond acceptors (Lipinski definition) is 3. The molecular weight excluding hydrogens is 247 g/mol. The van der Waals surface area contributed by atoms with E-state index in [2.05, 4.69) is 13.8 Å². The van der Waals surface area contributed by atoms with Gasteiger partial charge in [0, 0.05) is 5.75 Å². The van der Waals surface area contributed by atoms with E-state index in [1.165, 1.54) is 19.3 Å². The van der Waals surface area contributed by atoms with Gasteiger partial charge in [-0.2, -0.15) is 0 Å².